The molecule has 0 spiro atoms. The molecule has 1 unspecified atom stereocenters. The van der Waals surface area contributed by atoms with Crippen LogP contribution in [0.25, 0.3) is 28.2 Å². The van der Waals surface area contributed by atoms with Crippen LogP contribution in [0.1, 0.15) is 45.7 Å². The molecule has 39 heavy (non-hydrogen) atoms. The van der Waals surface area contributed by atoms with Gasteiger partial charge in [-0.2, -0.15) is 0 Å². The standard InChI is InChI=1S/C30H29ClN4O4/c1-30(2)9-8-18-11-19(17-6-7-23(25(31)14-17)28(37)32-3)13-24(26(18)39-30)29(38)35-21(16-36)12-20-15-34-27-22(20)5-4-10-33-27/h4-11,13-15,21,36H,12,16H2,1-3H3,(H,32,37)(H,33,34)(H,35,38). The molecule has 9 heteroatoms. The lowest BCUT2D eigenvalue weighted by Gasteiger charge is -2.30. The number of carbonyl (C=O) groups is 2. The molecule has 0 radical (unpaired) electrons. The SMILES string of the molecule is CNC(=O)c1ccc(-c2cc3c(c(C(=O)NC(CO)Cc4c[nH]c5ncccc45)c2)OC(C)(C)C=C3)cc1Cl. The van der Waals surface area contributed by atoms with Crippen LogP contribution >= 0.6 is 11.6 Å². The predicted molar refractivity (Wildman–Crippen MR) is 152 cm³/mol. The van der Waals surface area contributed by atoms with E-state index in [1.54, 1.807) is 37.5 Å². The smallest absolute Gasteiger partial charge is 0.255 e. The molecule has 1 aliphatic rings. The summed E-state index contributed by atoms with van der Waals surface area (Å²) < 4.78 is 6.23. The van der Waals surface area contributed by atoms with Gasteiger partial charge in [-0.15, -0.1) is 0 Å². The van der Waals surface area contributed by atoms with E-state index in [-0.39, 0.29) is 18.4 Å². The van der Waals surface area contributed by atoms with Crippen LogP contribution in [-0.4, -0.2) is 52.2 Å². The van der Waals surface area contributed by atoms with E-state index in [4.69, 9.17) is 16.3 Å². The van der Waals surface area contributed by atoms with Crippen molar-refractivity contribution in [2.24, 2.45) is 0 Å². The number of nitrogens with one attached hydrogen (secondary N) is 3. The van der Waals surface area contributed by atoms with Crippen molar-refractivity contribution in [2.45, 2.75) is 31.9 Å². The van der Waals surface area contributed by atoms with E-state index in [0.29, 0.717) is 28.3 Å². The number of hydrogen-bond acceptors (Lipinski definition) is 5. The first kappa shape index (κ1) is 26.5. The summed E-state index contributed by atoms with van der Waals surface area (Å²) >= 11 is 6.42. The van der Waals surface area contributed by atoms with Crippen molar-refractivity contribution in [3.05, 3.63) is 88.2 Å². The summed E-state index contributed by atoms with van der Waals surface area (Å²) in [5, 5.41) is 16.9. The van der Waals surface area contributed by atoms with Gasteiger partial charge in [0.15, 0.2) is 0 Å². The molecule has 4 aromatic rings. The van der Waals surface area contributed by atoms with E-state index in [9.17, 15) is 14.7 Å². The number of amides is 2. The minimum absolute atomic E-state index is 0.247. The first-order valence-electron chi connectivity index (χ1n) is 12.6. The van der Waals surface area contributed by atoms with Gasteiger partial charge in [0.2, 0.25) is 0 Å². The fraction of sp³-hybridized carbons (Fsp3) is 0.233. The Kier molecular flexibility index (Phi) is 7.16. The summed E-state index contributed by atoms with van der Waals surface area (Å²) in [6, 6.07) is 12.1. The number of aliphatic hydroxyl groups excluding tert-OH is 1. The Morgan fingerprint density at radius 1 is 1.13 bits per heavy atom. The second kappa shape index (κ2) is 10.6. The van der Waals surface area contributed by atoms with Crippen LogP contribution in [0.15, 0.2) is 60.9 Å². The number of fused-ring (bicyclic) bond motifs is 2. The lowest BCUT2D eigenvalue weighted by molar-refractivity contribution is 0.0903. The number of aromatic amines is 1. The van der Waals surface area contributed by atoms with Crippen molar-refractivity contribution in [3.8, 4) is 16.9 Å². The van der Waals surface area contributed by atoms with Crippen LogP contribution in [0, 0.1) is 0 Å². The molecule has 0 saturated carbocycles. The number of carbonyl (C=O) groups excluding carboxylic acids is 2. The fourth-order valence-corrected chi connectivity index (χ4v) is 4.96. The second-order valence-corrected chi connectivity index (χ2v) is 10.4. The van der Waals surface area contributed by atoms with Crippen LogP contribution in [0.4, 0.5) is 0 Å². The molecule has 1 aliphatic heterocycles. The quantitative estimate of drug-likeness (QED) is 0.268. The zero-order chi connectivity index (χ0) is 27.7. The normalized spacial score (nSPS) is 14.4. The second-order valence-electron chi connectivity index (χ2n) is 10.0. The topological polar surface area (TPSA) is 116 Å². The Balaban J connectivity index is 1.49. The van der Waals surface area contributed by atoms with Crippen LogP contribution in [0.2, 0.25) is 5.02 Å². The Bertz CT molecular complexity index is 1610. The molecular formula is C30H29ClN4O4. The monoisotopic (exact) mass is 544 g/mol. The Morgan fingerprint density at radius 3 is 2.69 bits per heavy atom. The number of hydrogen-bond donors (Lipinski definition) is 4. The van der Waals surface area contributed by atoms with E-state index in [2.05, 4.69) is 20.6 Å². The third-order valence-corrected chi connectivity index (χ3v) is 7.04. The Labute approximate surface area is 231 Å². The summed E-state index contributed by atoms with van der Waals surface area (Å²) in [7, 11) is 1.55. The van der Waals surface area contributed by atoms with Crippen LogP contribution in [-0.2, 0) is 6.42 Å². The minimum Gasteiger partial charge on any atom is -0.482 e. The maximum atomic E-state index is 13.7. The van der Waals surface area contributed by atoms with Crippen molar-refractivity contribution < 1.29 is 19.4 Å². The number of rotatable bonds is 7. The lowest BCUT2D eigenvalue weighted by atomic mass is 9.93. The predicted octanol–water partition coefficient (Wildman–Crippen LogP) is 4.76. The molecule has 8 nitrogen and oxygen atoms in total. The van der Waals surface area contributed by atoms with E-state index in [1.807, 2.05) is 50.4 Å². The maximum Gasteiger partial charge on any atom is 0.255 e. The molecule has 200 valence electrons. The van der Waals surface area contributed by atoms with E-state index in [1.165, 1.54) is 0 Å². The molecule has 0 bridgehead atoms. The molecule has 3 heterocycles. The highest BCUT2D eigenvalue weighted by Crippen LogP contribution is 2.38. The van der Waals surface area contributed by atoms with Crippen molar-refractivity contribution in [1.82, 2.24) is 20.6 Å². The van der Waals surface area contributed by atoms with Gasteiger partial charge in [0.25, 0.3) is 11.8 Å². The van der Waals surface area contributed by atoms with Gasteiger partial charge in [-0.1, -0.05) is 23.7 Å². The Morgan fingerprint density at radius 2 is 1.95 bits per heavy atom. The highest BCUT2D eigenvalue weighted by molar-refractivity contribution is 6.34. The molecule has 0 aliphatic carbocycles. The van der Waals surface area contributed by atoms with Gasteiger partial charge in [0.1, 0.15) is 17.0 Å². The van der Waals surface area contributed by atoms with Gasteiger partial charge in [-0.25, -0.2) is 4.98 Å². The number of benzene rings is 2. The summed E-state index contributed by atoms with van der Waals surface area (Å²) in [5.41, 5.74) is 4.02. The number of aromatic nitrogens is 2. The first-order chi connectivity index (χ1) is 18.7. The van der Waals surface area contributed by atoms with Crippen LogP contribution in [0.5, 0.6) is 5.75 Å². The molecule has 0 fully saturated rings. The molecule has 5 rings (SSSR count). The number of nitrogens with zero attached hydrogens (tertiary/aromatic N) is 1. The number of pyridine rings is 1. The highest BCUT2D eigenvalue weighted by Gasteiger charge is 2.28. The molecule has 2 amide bonds. The number of H-pyrrole nitrogens is 1. The van der Waals surface area contributed by atoms with Crippen molar-refractivity contribution in [1.29, 1.82) is 0 Å². The molecular weight excluding hydrogens is 516 g/mol. The number of ether oxygens (including phenoxy) is 1. The summed E-state index contributed by atoms with van der Waals surface area (Å²) in [4.78, 5) is 33.2. The summed E-state index contributed by atoms with van der Waals surface area (Å²) in [5.74, 6) is -0.189. The Hall–Kier alpha value is -4.14. The number of halogens is 1. The fourth-order valence-electron chi connectivity index (χ4n) is 4.70. The van der Waals surface area contributed by atoms with Gasteiger partial charge in [-0.05, 0) is 79.4 Å². The maximum absolute atomic E-state index is 13.7. The molecule has 2 aromatic carbocycles. The van der Waals surface area contributed by atoms with Crippen LogP contribution in [0.3, 0.4) is 0 Å². The first-order valence-corrected chi connectivity index (χ1v) is 13.0. The van der Waals surface area contributed by atoms with Gasteiger partial charge in [0, 0.05) is 30.4 Å². The third-order valence-electron chi connectivity index (χ3n) is 6.72. The minimum atomic E-state index is -0.602. The highest BCUT2D eigenvalue weighted by atomic mass is 35.5. The zero-order valence-electron chi connectivity index (χ0n) is 21.8. The van der Waals surface area contributed by atoms with E-state index >= 15 is 0 Å². The average Bonchev–Trinajstić information content (AvgIpc) is 3.33. The van der Waals surface area contributed by atoms with Gasteiger partial charge >= 0.3 is 0 Å². The van der Waals surface area contributed by atoms with E-state index in [0.717, 1.165) is 33.3 Å². The van der Waals surface area contributed by atoms with Gasteiger partial charge < -0.3 is 25.5 Å². The van der Waals surface area contributed by atoms with Gasteiger partial charge in [-0.3, -0.25) is 9.59 Å². The van der Waals surface area contributed by atoms with Crippen molar-refractivity contribution in [2.75, 3.05) is 13.7 Å². The summed E-state index contributed by atoms with van der Waals surface area (Å²) in [6.45, 7) is 3.59. The molecule has 1 atom stereocenters. The summed E-state index contributed by atoms with van der Waals surface area (Å²) in [6.07, 6.45) is 7.83. The lowest BCUT2D eigenvalue weighted by Crippen LogP contribution is -2.40. The zero-order valence-corrected chi connectivity index (χ0v) is 22.6. The molecule has 4 N–H and O–H groups in total. The molecule has 0 saturated heterocycles. The average molecular weight is 545 g/mol. The van der Waals surface area contributed by atoms with Crippen molar-refractivity contribution >= 4 is 40.5 Å². The largest absolute Gasteiger partial charge is 0.482 e. The van der Waals surface area contributed by atoms with Gasteiger partial charge in [0.05, 0.1) is 28.8 Å². The molecule has 2 aromatic heterocycles. The van der Waals surface area contributed by atoms with Crippen LogP contribution < -0.4 is 15.4 Å². The number of aliphatic hydroxyl groups is 1. The van der Waals surface area contributed by atoms with E-state index < -0.39 is 11.6 Å². The third kappa shape index (κ3) is 5.39. The van der Waals surface area contributed by atoms with Crippen molar-refractivity contribution in [3.63, 3.8) is 0 Å².